The summed E-state index contributed by atoms with van der Waals surface area (Å²) in [5.41, 5.74) is 6.73. The highest BCUT2D eigenvalue weighted by Gasteiger charge is 2.31. The smallest absolute Gasteiger partial charge is 0.243 e. The Morgan fingerprint density at radius 2 is 2.19 bits per heavy atom. The molecular weight excluding hydrogens is 312 g/mol. The van der Waals surface area contributed by atoms with Crippen molar-refractivity contribution in [3.63, 3.8) is 0 Å². The van der Waals surface area contributed by atoms with Crippen LogP contribution in [0.25, 0.3) is 0 Å². The van der Waals surface area contributed by atoms with E-state index in [-0.39, 0.29) is 17.4 Å². The van der Waals surface area contributed by atoms with E-state index in [1.165, 1.54) is 10.4 Å². The Morgan fingerprint density at radius 1 is 1.48 bits per heavy atom. The summed E-state index contributed by atoms with van der Waals surface area (Å²) < 4.78 is 27.1. The van der Waals surface area contributed by atoms with E-state index in [0.29, 0.717) is 35.8 Å². The van der Waals surface area contributed by atoms with Gasteiger partial charge in [0.15, 0.2) is 0 Å². The topological polar surface area (TPSA) is 83.6 Å². The normalized spacial score (nSPS) is 20.6. The van der Waals surface area contributed by atoms with Gasteiger partial charge in [0.25, 0.3) is 0 Å². The largest absolute Gasteiger partial charge is 0.398 e. The van der Waals surface area contributed by atoms with Crippen molar-refractivity contribution >= 4 is 27.3 Å². The lowest BCUT2D eigenvalue weighted by Crippen LogP contribution is -2.40. The molecule has 0 amide bonds. The number of aliphatic hydroxyl groups is 1. The lowest BCUT2D eigenvalue weighted by molar-refractivity contribution is 0.203. The molecule has 0 bridgehead atoms. The highest BCUT2D eigenvalue weighted by Crippen LogP contribution is 2.31. The molecule has 1 aromatic carbocycles. The third kappa shape index (κ3) is 3.51. The van der Waals surface area contributed by atoms with E-state index < -0.39 is 10.0 Å². The van der Waals surface area contributed by atoms with Crippen LogP contribution in [0, 0.1) is 12.8 Å². The van der Waals surface area contributed by atoms with Crippen molar-refractivity contribution in [3.05, 3.63) is 22.7 Å². The van der Waals surface area contributed by atoms with Gasteiger partial charge in [0.2, 0.25) is 10.0 Å². The maximum atomic E-state index is 12.8. The predicted molar refractivity (Wildman–Crippen MR) is 83.8 cm³/mol. The van der Waals surface area contributed by atoms with Crippen LogP contribution in [0.3, 0.4) is 0 Å². The second-order valence-corrected chi connectivity index (χ2v) is 7.84. The summed E-state index contributed by atoms with van der Waals surface area (Å²) in [7, 11) is -3.60. The van der Waals surface area contributed by atoms with Crippen LogP contribution in [0.5, 0.6) is 0 Å². The third-order valence-electron chi connectivity index (χ3n) is 4.00. The van der Waals surface area contributed by atoms with Gasteiger partial charge in [0.1, 0.15) is 0 Å². The Morgan fingerprint density at radius 3 is 2.86 bits per heavy atom. The van der Waals surface area contributed by atoms with E-state index in [1.54, 1.807) is 13.0 Å². The number of benzene rings is 1. The Labute approximate surface area is 130 Å². The zero-order valence-electron chi connectivity index (χ0n) is 12.0. The van der Waals surface area contributed by atoms with E-state index in [4.69, 9.17) is 22.4 Å². The third-order valence-corrected chi connectivity index (χ3v) is 6.21. The van der Waals surface area contributed by atoms with Gasteiger partial charge < -0.3 is 10.8 Å². The zero-order valence-corrected chi connectivity index (χ0v) is 13.6. The Balaban J connectivity index is 2.34. The molecule has 118 valence electrons. The van der Waals surface area contributed by atoms with Gasteiger partial charge in [0, 0.05) is 30.4 Å². The zero-order chi connectivity index (χ0) is 15.6. The highest BCUT2D eigenvalue weighted by molar-refractivity contribution is 7.89. The minimum atomic E-state index is -3.60. The molecule has 0 aliphatic carbocycles. The molecule has 1 atom stereocenters. The molecule has 1 saturated heterocycles. The van der Waals surface area contributed by atoms with Gasteiger partial charge >= 0.3 is 0 Å². The van der Waals surface area contributed by atoms with Crippen molar-refractivity contribution in [2.24, 2.45) is 5.92 Å². The summed E-state index contributed by atoms with van der Waals surface area (Å²) in [6.45, 7) is 2.71. The fourth-order valence-corrected chi connectivity index (χ4v) is 4.87. The van der Waals surface area contributed by atoms with Gasteiger partial charge in [-0.1, -0.05) is 11.6 Å². The monoisotopic (exact) mass is 332 g/mol. The van der Waals surface area contributed by atoms with Gasteiger partial charge in [-0.05, 0) is 49.8 Å². The average Bonchev–Trinajstić information content (AvgIpc) is 2.43. The number of nitrogen functional groups attached to an aromatic ring is 1. The summed E-state index contributed by atoms with van der Waals surface area (Å²) in [6, 6.07) is 3.01. The molecule has 0 radical (unpaired) electrons. The maximum absolute atomic E-state index is 12.8. The molecule has 3 N–H and O–H groups in total. The molecule has 0 aromatic heterocycles. The number of sulfonamides is 1. The van der Waals surface area contributed by atoms with Crippen LogP contribution in [0.15, 0.2) is 17.0 Å². The number of nitrogens with zero attached hydrogens (tertiary/aromatic N) is 1. The van der Waals surface area contributed by atoms with Crippen LogP contribution in [-0.4, -0.2) is 37.5 Å². The first-order valence-electron chi connectivity index (χ1n) is 7.03. The molecule has 1 aliphatic heterocycles. The second-order valence-electron chi connectivity index (χ2n) is 5.50. The molecule has 0 saturated carbocycles. The average molecular weight is 333 g/mol. The van der Waals surface area contributed by atoms with Crippen molar-refractivity contribution in [2.75, 3.05) is 25.4 Å². The Hall–Kier alpha value is -0.820. The van der Waals surface area contributed by atoms with Crippen LogP contribution in [0.2, 0.25) is 5.02 Å². The number of anilines is 1. The fourth-order valence-electron chi connectivity index (χ4n) is 2.74. The fraction of sp³-hybridized carbons (Fsp3) is 0.571. The van der Waals surface area contributed by atoms with Crippen LogP contribution < -0.4 is 5.73 Å². The lowest BCUT2D eigenvalue weighted by atomic mass is 9.97. The van der Waals surface area contributed by atoms with E-state index >= 15 is 0 Å². The molecule has 0 spiro atoms. The summed E-state index contributed by atoms with van der Waals surface area (Å²) in [5.74, 6) is 0.204. The molecule has 1 aliphatic rings. The van der Waals surface area contributed by atoms with Crippen molar-refractivity contribution in [1.29, 1.82) is 0 Å². The highest BCUT2D eigenvalue weighted by atomic mass is 35.5. The quantitative estimate of drug-likeness (QED) is 0.826. The van der Waals surface area contributed by atoms with Crippen LogP contribution in [-0.2, 0) is 10.0 Å². The van der Waals surface area contributed by atoms with E-state index in [1.807, 2.05) is 0 Å². The van der Waals surface area contributed by atoms with E-state index in [9.17, 15) is 8.42 Å². The van der Waals surface area contributed by atoms with Crippen LogP contribution >= 0.6 is 11.6 Å². The SMILES string of the molecule is Cc1c(N)cc(Cl)cc1S(=O)(=O)N1CCCC(CCO)C1. The Bertz CT molecular complexity index is 617. The number of nitrogens with two attached hydrogens (primary N) is 1. The van der Waals surface area contributed by atoms with Gasteiger partial charge in [-0.15, -0.1) is 0 Å². The first-order chi connectivity index (χ1) is 9.86. The minimum Gasteiger partial charge on any atom is -0.398 e. The number of aliphatic hydroxyl groups excluding tert-OH is 1. The van der Waals surface area contributed by atoms with Gasteiger partial charge in [0.05, 0.1) is 4.90 Å². The molecule has 5 nitrogen and oxygen atoms in total. The minimum absolute atomic E-state index is 0.0850. The first-order valence-corrected chi connectivity index (χ1v) is 8.84. The second kappa shape index (κ2) is 6.52. The van der Waals surface area contributed by atoms with Gasteiger partial charge in [-0.2, -0.15) is 4.31 Å². The van der Waals surface area contributed by atoms with Crippen molar-refractivity contribution < 1.29 is 13.5 Å². The van der Waals surface area contributed by atoms with Crippen LogP contribution in [0.4, 0.5) is 5.69 Å². The molecule has 1 heterocycles. The molecular formula is C14H21ClN2O3S. The molecule has 7 heteroatoms. The van der Waals surface area contributed by atoms with E-state index in [2.05, 4.69) is 0 Å². The van der Waals surface area contributed by atoms with Crippen molar-refractivity contribution in [1.82, 2.24) is 4.31 Å². The summed E-state index contributed by atoms with van der Waals surface area (Å²) in [4.78, 5) is 0.178. The number of piperidine rings is 1. The number of halogens is 1. The molecule has 2 rings (SSSR count). The number of rotatable bonds is 4. The first kappa shape index (κ1) is 16.5. The summed E-state index contributed by atoms with van der Waals surface area (Å²) in [6.07, 6.45) is 2.38. The van der Waals surface area contributed by atoms with Gasteiger partial charge in [-0.25, -0.2) is 8.42 Å². The summed E-state index contributed by atoms with van der Waals surface area (Å²) >= 11 is 5.95. The lowest BCUT2D eigenvalue weighted by Gasteiger charge is -2.32. The van der Waals surface area contributed by atoms with Crippen LogP contribution in [0.1, 0.15) is 24.8 Å². The standard InChI is InChI=1S/C14H21ClN2O3S/c1-10-13(16)7-12(15)8-14(10)21(19,20)17-5-2-3-11(9-17)4-6-18/h7-8,11,18H,2-6,9,16H2,1H3. The Kier molecular flexibility index (Phi) is 5.14. The number of hydrogen-bond acceptors (Lipinski definition) is 4. The predicted octanol–water partition coefficient (Wildman–Crippen LogP) is 2.01. The molecule has 1 aromatic rings. The van der Waals surface area contributed by atoms with Crippen molar-refractivity contribution in [3.8, 4) is 0 Å². The number of hydrogen-bond donors (Lipinski definition) is 2. The van der Waals surface area contributed by atoms with Crippen molar-refractivity contribution in [2.45, 2.75) is 31.1 Å². The molecule has 1 unspecified atom stereocenters. The maximum Gasteiger partial charge on any atom is 0.243 e. The van der Waals surface area contributed by atoms with E-state index in [0.717, 1.165) is 12.8 Å². The molecule has 1 fully saturated rings. The molecule has 21 heavy (non-hydrogen) atoms. The summed E-state index contributed by atoms with van der Waals surface area (Å²) in [5, 5.41) is 9.36. The van der Waals surface area contributed by atoms with Gasteiger partial charge in [-0.3, -0.25) is 0 Å².